The minimum absolute atomic E-state index is 0.0946. The summed E-state index contributed by atoms with van der Waals surface area (Å²) in [6.45, 7) is 1.70. The van der Waals surface area contributed by atoms with Crippen LogP contribution in [-0.2, 0) is 14.4 Å². The Morgan fingerprint density at radius 1 is 1.08 bits per heavy atom. The lowest BCUT2D eigenvalue weighted by atomic mass is 9.83. The van der Waals surface area contributed by atoms with Gasteiger partial charge >= 0.3 is 6.18 Å². The molecule has 0 aliphatic carbocycles. The quantitative estimate of drug-likeness (QED) is 0.448. The summed E-state index contributed by atoms with van der Waals surface area (Å²) in [5.74, 6) is -6.10. The SMILES string of the molecule is CCCC(C(N)=O)C(CCC(F)(F)F)C(=O)NC1N=C(c2ccccc2)c2cccc(F)c2NC1=O. The highest BCUT2D eigenvalue weighted by Crippen LogP contribution is 2.30. The number of halogens is 4. The fourth-order valence-electron chi connectivity index (χ4n) is 4.15. The summed E-state index contributed by atoms with van der Waals surface area (Å²) in [6, 6.07) is 12.7. The van der Waals surface area contributed by atoms with Gasteiger partial charge in [0, 0.05) is 29.4 Å². The van der Waals surface area contributed by atoms with Gasteiger partial charge in [-0.3, -0.25) is 14.4 Å². The van der Waals surface area contributed by atoms with E-state index in [4.69, 9.17) is 5.73 Å². The number of benzodiazepines with no additional fused rings is 1. The van der Waals surface area contributed by atoms with Gasteiger partial charge in [-0.15, -0.1) is 0 Å². The molecule has 0 spiro atoms. The first-order chi connectivity index (χ1) is 17.0. The molecule has 1 aliphatic rings. The number of nitrogens with two attached hydrogens (primary N) is 1. The molecule has 11 heteroatoms. The minimum Gasteiger partial charge on any atom is -0.369 e. The molecule has 36 heavy (non-hydrogen) atoms. The highest BCUT2D eigenvalue weighted by Gasteiger charge is 2.38. The van der Waals surface area contributed by atoms with Crippen LogP contribution in [-0.4, -0.2) is 35.8 Å². The maximum atomic E-state index is 14.6. The number of carbonyl (C=O) groups excluding carboxylic acids is 3. The van der Waals surface area contributed by atoms with Crippen molar-refractivity contribution in [3.63, 3.8) is 0 Å². The number of hydrogen-bond donors (Lipinski definition) is 3. The van der Waals surface area contributed by atoms with E-state index in [0.29, 0.717) is 12.0 Å². The van der Waals surface area contributed by atoms with E-state index in [9.17, 15) is 31.9 Å². The van der Waals surface area contributed by atoms with Crippen LogP contribution in [0.3, 0.4) is 0 Å². The van der Waals surface area contributed by atoms with Crippen LogP contribution in [0.4, 0.5) is 23.2 Å². The van der Waals surface area contributed by atoms with Crippen molar-refractivity contribution >= 4 is 29.1 Å². The molecular formula is C25H26F4N4O3. The Bertz CT molecular complexity index is 1150. The number of hydrogen-bond acceptors (Lipinski definition) is 4. The first-order valence-electron chi connectivity index (χ1n) is 11.4. The minimum atomic E-state index is -4.57. The Balaban J connectivity index is 1.99. The number of benzene rings is 2. The van der Waals surface area contributed by atoms with Crippen LogP contribution in [0.5, 0.6) is 0 Å². The Hall–Kier alpha value is -3.76. The fraction of sp³-hybridized carbons (Fsp3) is 0.360. The molecule has 0 aromatic heterocycles. The van der Waals surface area contributed by atoms with Gasteiger partial charge in [-0.25, -0.2) is 9.38 Å². The van der Waals surface area contributed by atoms with Gasteiger partial charge in [0.05, 0.1) is 11.4 Å². The second-order valence-corrected chi connectivity index (χ2v) is 8.46. The first kappa shape index (κ1) is 26.8. The first-order valence-corrected chi connectivity index (χ1v) is 11.4. The van der Waals surface area contributed by atoms with Gasteiger partial charge < -0.3 is 16.4 Å². The number of amides is 3. The average molecular weight is 507 g/mol. The molecule has 2 aromatic rings. The topological polar surface area (TPSA) is 114 Å². The van der Waals surface area contributed by atoms with Gasteiger partial charge in [0.1, 0.15) is 5.82 Å². The highest BCUT2D eigenvalue weighted by atomic mass is 19.4. The molecule has 1 heterocycles. The number of nitrogens with one attached hydrogen (secondary N) is 2. The second kappa shape index (κ2) is 11.3. The van der Waals surface area contributed by atoms with Gasteiger partial charge in [0.2, 0.25) is 18.0 Å². The van der Waals surface area contributed by atoms with Crippen molar-refractivity contribution in [3.8, 4) is 0 Å². The van der Waals surface area contributed by atoms with Crippen LogP contribution < -0.4 is 16.4 Å². The lowest BCUT2D eigenvalue weighted by Crippen LogP contribution is -2.48. The molecule has 1 aliphatic heterocycles. The van der Waals surface area contributed by atoms with Gasteiger partial charge in [-0.05, 0) is 18.9 Å². The van der Waals surface area contributed by atoms with Crippen molar-refractivity contribution in [2.24, 2.45) is 22.6 Å². The van der Waals surface area contributed by atoms with Crippen molar-refractivity contribution in [3.05, 3.63) is 65.5 Å². The summed E-state index contributed by atoms with van der Waals surface area (Å²) < 4.78 is 53.5. The van der Waals surface area contributed by atoms with Crippen molar-refractivity contribution in [1.82, 2.24) is 5.32 Å². The van der Waals surface area contributed by atoms with Crippen molar-refractivity contribution in [2.75, 3.05) is 5.32 Å². The maximum Gasteiger partial charge on any atom is 0.389 e. The molecule has 3 rings (SSSR count). The largest absolute Gasteiger partial charge is 0.389 e. The van der Waals surface area contributed by atoms with E-state index in [0.717, 1.165) is 6.07 Å². The normalized spacial score (nSPS) is 17.2. The van der Waals surface area contributed by atoms with Crippen molar-refractivity contribution < 1.29 is 31.9 Å². The third-order valence-corrected chi connectivity index (χ3v) is 5.88. The van der Waals surface area contributed by atoms with Crippen LogP contribution >= 0.6 is 0 Å². The molecule has 7 nitrogen and oxygen atoms in total. The number of fused-ring (bicyclic) bond motifs is 1. The number of rotatable bonds is 9. The van der Waals surface area contributed by atoms with Gasteiger partial charge in [-0.1, -0.05) is 55.8 Å². The van der Waals surface area contributed by atoms with Crippen molar-refractivity contribution in [2.45, 2.75) is 44.9 Å². The lowest BCUT2D eigenvalue weighted by Gasteiger charge is -2.25. The number of carbonyl (C=O) groups is 3. The summed E-state index contributed by atoms with van der Waals surface area (Å²) in [7, 11) is 0. The van der Waals surface area contributed by atoms with E-state index in [-0.39, 0.29) is 23.4 Å². The Morgan fingerprint density at radius 3 is 2.39 bits per heavy atom. The van der Waals surface area contributed by atoms with Crippen LogP contribution in [0.15, 0.2) is 53.5 Å². The lowest BCUT2D eigenvalue weighted by molar-refractivity contribution is -0.146. The summed E-state index contributed by atoms with van der Waals surface area (Å²) in [5.41, 5.74) is 6.25. The molecule has 192 valence electrons. The highest BCUT2D eigenvalue weighted by molar-refractivity contribution is 6.20. The third-order valence-electron chi connectivity index (χ3n) is 5.88. The third kappa shape index (κ3) is 6.46. The smallest absolute Gasteiger partial charge is 0.369 e. The van der Waals surface area contributed by atoms with Crippen LogP contribution in [0.1, 0.15) is 43.7 Å². The van der Waals surface area contributed by atoms with Crippen molar-refractivity contribution in [1.29, 1.82) is 0 Å². The number of anilines is 1. The number of aliphatic imine (C=N–C) groups is 1. The predicted molar refractivity (Wildman–Crippen MR) is 125 cm³/mol. The molecular weight excluding hydrogens is 480 g/mol. The molecule has 0 fully saturated rings. The molecule has 2 aromatic carbocycles. The molecule has 3 amide bonds. The number of primary amides is 1. The van der Waals surface area contributed by atoms with E-state index in [1.54, 1.807) is 43.3 Å². The summed E-state index contributed by atoms with van der Waals surface area (Å²) >= 11 is 0. The van der Waals surface area contributed by atoms with E-state index in [1.165, 1.54) is 6.07 Å². The summed E-state index contributed by atoms with van der Waals surface area (Å²) in [5, 5.41) is 4.76. The van der Waals surface area contributed by atoms with Gasteiger partial charge in [-0.2, -0.15) is 13.2 Å². The van der Waals surface area contributed by atoms with Crippen LogP contribution in [0.25, 0.3) is 0 Å². The van der Waals surface area contributed by atoms with Crippen LogP contribution in [0.2, 0.25) is 0 Å². The van der Waals surface area contributed by atoms with E-state index in [1.807, 2.05) is 0 Å². The Morgan fingerprint density at radius 2 is 1.78 bits per heavy atom. The monoisotopic (exact) mass is 506 g/mol. The zero-order chi connectivity index (χ0) is 26.5. The van der Waals surface area contributed by atoms with Crippen LogP contribution in [0, 0.1) is 17.7 Å². The Kier molecular flexibility index (Phi) is 8.44. The molecule has 3 atom stereocenters. The summed E-state index contributed by atoms with van der Waals surface area (Å²) in [6.07, 6.45) is -7.67. The number of alkyl halides is 3. The van der Waals surface area contributed by atoms with E-state index < -0.39 is 60.6 Å². The fourth-order valence-corrected chi connectivity index (χ4v) is 4.15. The van der Waals surface area contributed by atoms with E-state index in [2.05, 4.69) is 15.6 Å². The standard InChI is InChI=1S/C25H26F4N4O3/c1-2-7-15(21(30)34)16(12-13-25(27,28)29)23(35)33-22-24(36)32-20-17(10-6-11-18(20)26)19(31-22)14-8-4-3-5-9-14/h3-6,8-11,15-16,22H,2,7,12-13H2,1H3,(H2,30,34)(H,32,36)(H,33,35). The van der Waals surface area contributed by atoms with Gasteiger partial charge in [0.15, 0.2) is 0 Å². The number of para-hydroxylation sites is 1. The average Bonchev–Trinajstić information content (AvgIpc) is 2.95. The molecule has 3 unspecified atom stereocenters. The molecule has 0 radical (unpaired) electrons. The number of nitrogens with zero attached hydrogens (tertiary/aromatic N) is 1. The molecule has 0 saturated heterocycles. The molecule has 0 saturated carbocycles. The van der Waals surface area contributed by atoms with E-state index >= 15 is 0 Å². The zero-order valence-electron chi connectivity index (χ0n) is 19.4. The second-order valence-electron chi connectivity index (χ2n) is 8.46. The maximum absolute atomic E-state index is 14.6. The predicted octanol–water partition coefficient (Wildman–Crippen LogP) is 3.92. The molecule has 4 N–H and O–H groups in total. The van der Waals surface area contributed by atoms with Gasteiger partial charge in [0.25, 0.3) is 5.91 Å². The summed E-state index contributed by atoms with van der Waals surface area (Å²) in [4.78, 5) is 42.5. The zero-order valence-corrected chi connectivity index (χ0v) is 19.4. The molecule has 0 bridgehead atoms. The Labute approximate surface area is 205 Å².